The number of pyridine rings is 1. The molecule has 0 amide bonds. The standard InChI is InChI=1S/C16H22N8.HI/c1-17-16(22(2)11-13-10-19-23(3)12-13)18-8-7-15-21-20-14-6-4-5-9-24(14)15;/h4-6,9-10,12H,7-8,11H2,1-3H3,(H,17,18);1H. The molecule has 3 aromatic rings. The van der Waals surface area contributed by atoms with Crippen LogP contribution in [0.1, 0.15) is 11.4 Å². The summed E-state index contributed by atoms with van der Waals surface area (Å²) >= 11 is 0. The summed E-state index contributed by atoms with van der Waals surface area (Å²) in [7, 11) is 5.71. The van der Waals surface area contributed by atoms with E-state index in [0.29, 0.717) is 0 Å². The van der Waals surface area contributed by atoms with Crippen molar-refractivity contribution in [2.45, 2.75) is 13.0 Å². The molecule has 0 radical (unpaired) electrons. The van der Waals surface area contributed by atoms with Crippen LogP contribution in [-0.2, 0) is 20.0 Å². The van der Waals surface area contributed by atoms with Crippen LogP contribution in [0.4, 0.5) is 0 Å². The van der Waals surface area contributed by atoms with Gasteiger partial charge in [0.2, 0.25) is 0 Å². The van der Waals surface area contributed by atoms with E-state index in [1.807, 2.05) is 55.3 Å². The molecule has 134 valence electrons. The fourth-order valence-electron chi connectivity index (χ4n) is 2.63. The van der Waals surface area contributed by atoms with Crippen molar-refractivity contribution in [3.63, 3.8) is 0 Å². The predicted octanol–water partition coefficient (Wildman–Crippen LogP) is 1.33. The van der Waals surface area contributed by atoms with Gasteiger partial charge in [-0.25, -0.2) is 0 Å². The minimum Gasteiger partial charge on any atom is -0.356 e. The second kappa shape index (κ2) is 8.79. The summed E-state index contributed by atoms with van der Waals surface area (Å²) in [6.07, 6.45) is 6.62. The molecule has 0 aliphatic carbocycles. The number of halogens is 1. The number of guanidine groups is 1. The Kier molecular flexibility index (Phi) is 6.73. The lowest BCUT2D eigenvalue weighted by molar-refractivity contribution is 0.476. The molecular formula is C16H23IN8. The highest BCUT2D eigenvalue weighted by Gasteiger charge is 2.09. The molecule has 1 N–H and O–H groups in total. The highest BCUT2D eigenvalue weighted by molar-refractivity contribution is 14.0. The van der Waals surface area contributed by atoms with Crippen LogP contribution in [0.5, 0.6) is 0 Å². The Hall–Kier alpha value is -2.17. The van der Waals surface area contributed by atoms with Crippen molar-refractivity contribution in [1.82, 2.24) is 34.6 Å². The Bertz CT molecular complexity index is 837. The van der Waals surface area contributed by atoms with Crippen LogP contribution in [-0.4, -0.2) is 55.9 Å². The minimum atomic E-state index is 0. The van der Waals surface area contributed by atoms with Gasteiger partial charge in [0.05, 0.1) is 6.20 Å². The third-order valence-corrected chi connectivity index (χ3v) is 3.77. The largest absolute Gasteiger partial charge is 0.356 e. The van der Waals surface area contributed by atoms with Crippen LogP contribution in [0, 0.1) is 0 Å². The molecule has 3 rings (SSSR count). The first-order chi connectivity index (χ1) is 11.7. The highest BCUT2D eigenvalue weighted by Crippen LogP contribution is 2.04. The molecular weight excluding hydrogens is 431 g/mol. The molecule has 0 unspecified atom stereocenters. The lowest BCUT2D eigenvalue weighted by atomic mass is 10.3. The predicted molar refractivity (Wildman–Crippen MR) is 108 cm³/mol. The Labute approximate surface area is 164 Å². The number of aliphatic imine (C=N–C) groups is 1. The maximum Gasteiger partial charge on any atom is 0.193 e. The summed E-state index contributed by atoms with van der Waals surface area (Å²) in [4.78, 5) is 6.40. The van der Waals surface area contributed by atoms with Gasteiger partial charge in [-0.1, -0.05) is 6.07 Å². The van der Waals surface area contributed by atoms with Crippen molar-refractivity contribution < 1.29 is 0 Å². The van der Waals surface area contributed by atoms with Gasteiger partial charge in [-0.15, -0.1) is 34.2 Å². The van der Waals surface area contributed by atoms with E-state index in [-0.39, 0.29) is 24.0 Å². The Morgan fingerprint density at radius 2 is 2.16 bits per heavy atom. The first-order valence-corrected chi connectivity index (χ1v) is 7.85. The molecule has 0 bridgehead atoms. The lowest BCUT2D eigenvalue weighted by Crippen LogP contribution is -2.39. The van der Waals surface area contributed by atoms with Gasteiger partial charge in [0.25, 0.3) is 0 Å². The summed E-state index contributed by atoms with van der Waals surface area (Å²) in [6.45, 7) is 1.49. The van der Waals surface area contributed by atoms with E-state index in [1.165, 1.54) is 0 Å². The van der Waals surface area contributed by atoms with Gasteiger partial charge in [-0.2, -0.15) is 5.10 Å². The van der Waals surface area contributed by atoms with E-state index in [2.05, 4.69) is 30.5 Å². The van der Waals surface area contributed by atoms with Crippen molar-refractivity contribution in [1.29, 1.82) is 0 Å². The molecule has 3 aromatic heterocycles. The van der Waals surface area contributed by atoms with Crippen molar-refractivity contribution in [2.75, 3.05) is 20.6 Å². The van der Waals surface area contributed by atoms with Crippen LogP contribution in [0.3, 0.4) is 0 Å². The Morgan fingerprint density at radius 3 is 2.88 bits per heavy atom. The smallest absolute Gasteiger partial charge is 0.193 e. The van der Waals surface area contributed by atoms with Gasteiger partial charge in [-0.05, 0) is 12.1 Å². The average molecular weight is 454 g/mol. The average Bonchev–Trinajstić information content (AvgIpc) is 3.18. The zero-order valence-electron chi connectivity index (χ0n) is 14.6. The number of rotatable bonds is 5. The maximum atomic E-state index is 4.33. The second-order valence-corrected chi connectivity index (χ2v) is 5.65. The third kappa shape index (κ3) is 4.68. The number of fused-ring (bicyclic) bond motifs is 1. The topological polar surface area (TPSA) is 75.6 Å². The SMILES string of the molecule is CN=C(NCCc1nnc2ccccn12)N(C)Cc1cnn(C)c1.I. The molecule has 0 saturated heterocycles. The fourth-order valence-corrected chi connectivity index (χ4v) is 2.63. The molecule has 3 heterocycles. The number of nitrogens with zero attached hydrogens (tertiary/aromatic N) is 7. The molecule has 0 fully saturated rings. The molecule has 0 saturated carbocycles. The fraction of sp³-hybridized carbons (Fsp3) is 0.375. The summed E-state index contributed by atoms with van der Waals surface area (Å²) in [5.74, 6) is 1.77. The van der Waals surface area contributed by atoms with E-state index in [1.54, 1.807) is 11.7 Å². The van der Waals surface area contributed by atoms with E-state index >= 15 is 0 Å². The van der Waals surface area contributed by atoms with E-state index < -0.39 is 0 Å². The van der Waals surface area contributed by atoms with Crippen LogP contribution in [0.15, 0.2) is 41.8 Å². The van der Waals surface area contributed by atoms with Crippen molar-refractivity contribution in [3.8, 4) is 0 Å². The number of aromatic nitrogens is 5. The summed E-state index contributed by atoms with van der Waals surface area (Å²) in [5.41, 5.74) is 2.01. The number of hydrogen-bond acceptors (Lipinski definition) is 4. The van der Waals surface area contributed by atoms with Gasteiger partial charge in [0.1, 0.15) is 5.82 Å². The molecule has 25 heavy (non-hydrogen) atoms. The monoisotopic (exact) mass is 454 g/mol. The number of hydrogen-bond donors (Lipinski definition) is 1. The third-order valence-electron chi connectivity index (χ3n) is 3.77. The number of aryl methyl sites for hydroxylation is 1. The Balaban J connectivity index is 0.00000225. The zero-order valence-corrected chi connectivity index (χ0v) is 17.0. The van der Waals surface area contributed by atoms with E-state index in [0.717, 1.165) is 42.5 Å². The zero-order chi connectivity index (χ0) is 16.9. The van der Waals surface area contributed by atoms with E-state index in [9.17, 15) is 0 Å². The molecule has 0 aromatic carbocycles. The Morgan fingerprint density at radius 1 is 1.32 bits per heavy atom. The number of nitrogens with one attached hydrogen (secondary N) is 1. The van der Waals surface area contributed by atoms with E-state index in [4.69, 9.17) is 0 Å². The highest BCUT2D eigenvalue weighted by atomic mass is 127. The van der Waals surface area contributed by atoms with Crippen LogP contribution in [0.25, 0.3) is 5.65 Å². The first kappa shape index (κ1) is 19.2. The summed E-state index contributed by atoms with van der Waals surface area (Å²) < 4.78 is 3.81. The quantitative estimate of drug-likeness (QED) is 0.358. The van der Waals surface area contributed by atoms with Gasteiger partial charge in [0.15, 0.2) is 11.6 Å². The second-order valence-electron chi connectivity index (χ2n) is 5.65. The van der Waals surface area contributed by atoms with Crippen molar-refractivity contribution in [3.05, 3.63) is 48.2 Å². The summed E-state index contributed by atoms with van der Waals surface area (Å²) in [6, 6.07) is 5.89. The first-order valence-electron chi connectivity index (χ1n) is 7.85. The van der Waals surface area contributed by atoms with Crippen LogP contribution in [0.2, 0.25) is 0 Å². The van der Waals surface area contributed by atoms with Gasteiger partial charge >= 0.3 is 0 Å². The molecule has 0 spiro atoms. The van der Waals surface area contributed by atoms with Gasteiger partial charge < -0.3 is 10.2 Å². The van der Waals surface area contributed by atoms with Crippen LogP contribution < -0.4 is 5.32 Å². The van der Waals surface area contributed by atoms with Crippen LogP contribution >= 0.6 is 24.0 Å². The molecule has 9 heteroatoms. The molecule has 0 atom stereocenters. The van der Waals surface area contributed by atoms with Crippen molar-refractivity contribution >= 4 is 35.6 Å². The van der Waals surface area contributed by atoms with Crippen molar-refractivity contribution in [2.24, 2.45) is 12.0 Å². The molecule has 0 aliphatic rings. The molecule has 8 nitrogen and oxygen atoms in total. The summed E-state index contributed by atoms with van der Waals surface area (Å²) in [5, 5.41) is 16.0. The van der Waals surface area contributed by atoms with Gasteiger partial charge in [0, 0.05) is 58.6 Å². The minimum absolute atomic E-state index is 0. The lowest BCUT2D eigenvalue weighted by Gasteiger charge is -2.21. The maximum absolute atomic E-state index is 4.33. The van der Waals surface area contributed by atoms with Gasteiger partial charge in [-0.3, -0.25) is 14.1 Å². The molecule has 0 aliphatic heterocycles. The normalized spacial score (nSPS) is 11.4.